The van der Waals surface area contributed by atoms with Gasteiger partial charge in [0.1, 0.15) is 28.7 Å². The number of fused-ring (bicyclic) bond motifs is 1. The highest BCUT2D eigenvalue weighted by atomic mass is 16.5. The Balaban J connectivity index is 1.55. The van der Waals surface area contributed by atoms with E-state index in [1.54, 1.807) is 14.2 Å². The number of aromatic nitrogens is 1. The maximum Gasteiger partial charge on any atom is 0.129 e. The van der Waals surface area contributed by atoms with Gasteiger partial charge in [0.15, 0.2) is 0 Å². The third kappa shape index (κ3) is 5.99. The number of rotatable bonds is 9. The number of ether oxygens (including phenoxy) is 3. The lowest BCUT2D eigenvalue weighted by molar-refractivity contribution is 0.0498. The quantitative estimate of drug-likeness (QED) is 0.344. The summed E-state index contributed by atoms with van der Waals surface area (Å²) in [6, 6.07) is 6.50. The van der Waals surface area contributed by atoms with Crippen molar-refractivity contribution in [2.45, 2.75) is 58.6 Å². The van der Waals surface area contributed by atoms with E-state index in [1.807, 2.05) is 20.3 Å². The number of methoxy groups -OCH3 is 2. The predicted octanol–water partition coefficient (Wildman–Crippen LogP) is 6.30. The summed E-state index contributed by atoms with van der Waals surface area (Å²) < 4.78 is 18.1. The standard InChI is InChI=1S/C33H44N4O3/c1-33(2,3)40-30(21-10-11-21)20-36(6)31-16-24-25(17-34-31)26(19-37(7)32(24)22-12-13-22)23-14-28(38-8)27(18-35(4)5)29(15-23)39-9/h14-17,19H,10-13,18,20H2,1-9H3. The first kappa shape index (κ1) is 28.1. The minimum atomic E-state index is -0.217. The highest BCUT2D eigenvalue weighted by Crippen LogP contribution is 2.46. The van der Waals surface area contributed by atoms with Crippen LogP contribution in [0.1, 0.15) is 68.7 Å². The van der Waals surface area contributed by atoms with Crippen LogP contribution in [-0.2, 0) is 11.3 Å². The zero-order valence-electron chi connectivity index (χ0n) is 25.6. The second-order valence-corrected chi connectivity index (χ2v) is 12.4. The third-order valence-corrected chi connectivity index (χ3v) is 7.43. The Morgan fingerprint density at radius 2 is 1.60 bits per heavy atom. The fourth-order valence-electron chi connectivity index (χ4n) is 5.39. The molecule has 0 bridgehead atoms. The second kappa shape index (κ2) is 10.8. The Bertz CT molecular complexity index is 1360. The van der Waals surface area contributed by atoms with Gasteiger partial charge in [-0.1, -0.05) is 0 Å². The topological polar surface area (TPSA) is 50.3 Å². The molecule has 0 amide bonds. The molecule has 5 rings (SSSR count). The Morgan fingerprint density at radius 3 is 2.12 bits per heavy atom. The van der Waals surface area contributed by atoms with Crippen molar-refractivity contribution in [1.29, 1.82) is 0 Å². The summed E-state index contributed by atoms with van der Waals surface area (Å²) in [5, 5.41) is 0. The van der Waals surface area contributed by atoms with Crippen molar-refractivity contribution in [3.05, 3.63) is 69.8 Å². The number of pyridine rings is 1. The van der Waals surface area contributed by atoms with Crippen molar-refractivity contribution in [2.24, 2.45) is 0 Å². The fraction of sp³-hybridized carbons (Fsp3) is 0.485. The lowest BCUT2D eigenvalue weighted by Crippen LogP contribution is -2.28. The van der Waals surface area contributed by atoms with E-state index >= 15 is 0 Å². The summed E-state index contributed by atoms with van der Waals surface area (Å²) in [5.41, 5.74) is 9.53. The molecule has 0 N–H and O–H groups in total. The van der Waals surface area contributed by atoms with Gasteiger partial charge in [-0.05, 0) is 95.5 Å². The van der Waals surface area contributed by atoms with Crippen LogP contribution in [0, 0.1) is 0 Å². The van der Waals surface area contributed by atoms with E-state index in [2.05, 4.69) is 74.0 Å². The van der Waals surface area contributed by atoms with E-state index in [4.69, 9.17) is 19.2 Å². The van der Waals surface area contributed by atoms with Crippen LogP contribution < -0.4 is 14.4 Å². The number of hydrogen-bond donors (Lipinski definition) is 0. The first-order chi connectivity index (χ1) is 19.0. The molecule has 0 spiro atoms. The molecule has 2 aromatic rings. The number of benzene rings is 1. The highest BCUT2D eigenvalue weighted by Gasteiger charge is 2.30. The molecule has 1 aromatic carbocycles. The monoisotopic (exact) mass is 544 g/mol. The Labute approximate surface area is 239 Å². The van der Waals surface area contributed by atoms with Crippen LogP contribution in [0.25, 0.3) is 11.3 Å². The van der Waals surface area contributed by atoms with Gasteiger partial charge in [0, 0.05) is 55.4 Å². The number of hydrogen-bond acceptors (Lipinski definition) is 7. The van der Waals surface area contributed by atoms with E-state index in [0.29, 0.717) is 6.54 Å². The SMILES string of the molecule is COc1cc(C2=CN(C)C(=C3CC3)c3cc(N(C)CC(OC(C)(C)C)=C4CC4)ncc32)cc(OC)c1CN(C)C. The van der Waals surface area contributed by atoms with E-state index in [0.717, 1.165) is 77.6 Å². The number of likely N-dealkylation sites (N-methyl/N-ethyl adjacent to an activating group) is 1. The van der Waals surface area contributed by atoms with Crippen LogP contribution in [0.3, 0.4) is 0 Å². The van der Waals surface area contributed by atoms with Crippen LogP contribution in [0.15, 0.2) is 47.5 Å². The summed E-state index contributed by atoms with van der Waals surface area (Å²) in [6.07, 6.45) is 8.81. The Kier molecular flexibility index (Phi) is 7.62. The first-order valence-electron chi connectivity index (χ1n) is 14.2. The molecule has 0 atom stereocenters. The Morgan fingerprint density at radius 1 is 0.950 bits per heavy atom. The summed E-state index contributed by atoms with van der Waals surface area (Å²) in [7, 11) is 11.8. The summed E-state index contributed by atoms with van der Waals surface area (Å²) in [6.45, 7) is 7.78. The van der Waals surface area contributed by atoms with Crippen LogP contribution >= 0.6 is 0 Å². The molecule has 2 aliphatic carbocycles. The molecule has 7 nitrogen and oxygen atoms in total. The van der Waals surface area contributed by atoms with E-state index in [-0.39, 0.29) is 5.60 Å². The zero-order valence-corrected chi connectivity index (χ0v) is 25.6. The third-order valence-electron chi connectivity index (χ3n) is 7.43. The molecule has 3 aliphatic rings. The number of anilines is 1. The molecular weight excluding hydrogens is 500 g/mol. The highest BCUT2D eigenvalue weighted by molar-refractivity contribution is 5.92. The molecule has 40 heavy (non-hydrogen) atoms. The minimum absolute atomic E-state index is 0.217. The maximum atomic E-state index is 6.36. The molecule has 2 heterocycles. The minimum Gasteiger partial charge on any atom is -0.496 e. The van der Waals surface area contributed by atoms with Crippen molar-refractivity contribution in [1.82, 2.24) is 14.8 Å². The van der Waals surface area contributed by atoms with Gasteiger partial charge in [-0.25, -0.2) is 4.98 Å². The van der Waals surface area contributed by atoms with Gasteiger partial charge < -0.3 is 28.9 Å². The molecule has 1 aliphatic heterocycles. The first-order valence-corrected chi connectivity index (χ1v) is 14.2. The van der Waals surface area contributed by atoms with Crippen LogP contribution in [0.2, 0.25) is 0 Å². The molecular formula is C33H44N4O3. The van der Waals surface area contributed by atoms with Gasteiger partial charge in [-0.15, -0.1) is 0 Å². The summed E-state index contributed by atoms with van der Waals surface area (Å²) >= 11 is 0. The molecule has 2 saturated carbocycles. The predicted molar refractivity (Wildman–Crippen MR) is 163 cm³/mol. The van der Waals surface area contributed by atoms with Crippen molar-refractivity contribution in [2.75, 3.05) is 53.9 Å². The zero-order chi connectivity index (χ0) is 28.8. The fourth-order valence-corrected chi connectivity index (χ4v) is 5.39. The van der Waals surface area contributed by atoms with E-state index in [9.17, 15) is 0 Å². The largest absolute Gasteiger partial charge is 0.496 e. The van der Waals surface area contributed by atoms with E-state index < -0.39 is 0 Å². The summed E-state index contributed by atoms with van der Waals surface area (Å²) in [5.74, 6) is 3.68. The average molecular weight is 545 g/mol. The van der Waals surface area contributed by atoms with Gasteiger partial charge in [0.25, 0.3) is 0 Å². The van der Waals surface area contributed by atoms with Gasteiger partial charge in [0.05, 0.1) is 26.3 Å². The average Bonchev–Trinajstić information content (AvgIpc) is 3.80. The molecule has 1 aromatic heterocycles. The lowest BCUT2D eigenvalue weighted by atomic mass is 9.90. The van der Waals surface area contributed by atoms with Gasteiger partial charge in [-0.3, -0.25) is 0 Å². The van der Waals surface area contributed by atoms with Crippen molar-refractivity contribution < 1.29 is 14.2 Å². The molecule has 7 heteroatoms. The van der Waals surface area contributed by atoms with Gasteiger partial charge in [0.2, 0.25) is 0 Å². The van der Waals surface area contributed by atoms with Crippen LogP contribution in [-0.4, -0.2) is 69.3 Å². The van der Waals surface area contributed by atoms with Crippen LogP contribution in [0.4, 0.5) is 5.82 Å². The van der Waals surface area contributed by atoms with Crippen molar-refractivity contribution in [3.8, 4) is 11.5 Å². The number of allylic oxidation sites excluding steroid dienone is 2. The summed E-state index contributed by atoms with van der Waals surface area (Å²) in [4.78, 5) is 11.6. The van der Waals surface area contributed by atoms with Crippen LogP contribution in [0.5, 0.6) is 11.5 Å². The maximum absolute atomic E-state index is 6.36. The molecule has 0 radical (unpaired) electrons. The number of nitrogens with zero attached hydrogens (tertiary/aromatic N) is 4. The second-order valence-electron chi connectivity index (χ2n) is 12.4. The van der Waals surface area contributed by atoms with Crippen molar-refractivity contribution >= 4 is 17.1 Å². The molecule has 214 valence electrons. The smallest absolute Gasteiger partial charge is 0.129 e. The Hall–Kier alpha value is -3.45. The lowest BCUT2D eigenvalue weighted by Gasteiger charge is -2.31. The molecule has 2 fully saturated rings. The van der Waals surface area contributed by atoms with Crippen molar-refractivity contribution in [3.63, 3.8) is 0 Å². The normalized spacial score (nSPS) is 16.1. The molecule has 0 saturated heterocycles. The van der Waals surface area contributed by atoms with Gasteiger partial charge >= 0.3 is 0 Å². The van der Waals surface area contributed by atoms with Gasteiger partial charge in [-0.2, -0.15) is 0 Å². The molecule has 0 unspecified atom stereocenters. The van der Waals surface area contributed by atoms with E-state index in [1.165, 1.54) is 22.4 Å².